The molecule has 1 atom stereocenters. The van der Waals surface area contributed by atoms with Crippen LogP contribution in [-0.2, 0) is 0 Å². The molecule has 98 valence electrons. The van der Waals surface area contributed by atoms with Crippen LogP contribution < -0.4 is 0 Å². The third-order valence-electron chi connectivity index (χ3n) is 2.36. The highest BCUT2D eigenvalue weighted by Crippen LogP contribution is 2.37. The normalized spacial score (nSPS) is 12.2. The van der Waals surface area contributed by atoms with Gasteiger partial charge in [-0.1, -0.05) is 25.4 Å². The Morgan fingerprint density at radius 1 is 1.61 bits per heavy atom. The van der Waals surface area contributed by atoms with Gasteiger partial charge in [-0.3, -0.25) is 10.1 Å². The van der Waals surface area contributed by atoms with Crippen molar-refractivity contribution >= 4 is 35.0 Å². The maximum absolute atomic E-state index is 11.1. The summed E-state index contributed by atoms with van der Waals surface area (Å²) in [6.07, 6.45) is 0.844. The van der Waals surface area contributed by atoms with Crippen molar-refractivity contribution in [2.24, 2.45) is 0 Å². The minimum Gasteiger partial charge on any atom is -0.478 e. The van der Waals surface area contributed by atoms with Crippen LogP contribution >= 0.6 is 23.4 Å². The number of hydrogen-bond acceptors (Lipinski definition) is 4. The van der Waals surface area contributed by atoms with Crippen LogP contribution in [0.2, 0.25) is 5.02 Å². The van der Waals surface area contributed by atoms with E-state index in [1.165, 1.54) is 17.8 Å². The monoisotopic (exact) mass is 289 g/mol. The molecule has 0 aromatic heterocycles. The highest BCUT2D eigenvalue weighted by Gasteiger charge is 2.21. The summed E-state index contributed by atoms with van der Waals surface area (Å²) in [5.74, 6) is -1.22. The lowest BCUT2D eigenvalue weighted by Crippen LogP contribution is -2.04. The van der Waals surface area contributed by atoms with Crippen molar-refractivity contribution in [1.82, 2.24) is 0 Å². The number of nitrogens with zero attached hydrogens (tertiary/aromatic N) is 1. The van der Waals surface area contributed by atoms with E-state index in [-0.39, 0.29) is 21.5 Å². The molecule has 1 aromatic carbocycles. The van der Waals surface area contributed by atoms with Gasteiger partial charge in [0.2, 0.25) is 0 Å². The molecule has 1 unspecified atom stereocenters. The quantitative estimate of drug-likeness (QED) is 0.506. The highest BCUT2D eigenvalue weighted by molar-refractivity contribution is 8.00. The Kier molecular flexibility index (Phi) is 4.98. The number of halogens is 1. The first-order chi connectivity index (χ1) is 8.36. The third-order valence-corrected chi connectivity index (χ3v) is 4.18. The summed E-state index contributed by atoms with van der Waals surface area (Å²) in [4.78, 5) is 21.5. The summed E-state index contributed by atoms with van der Waals surface area (Å²) in [5, 5.41) is 20.0. The molecule has 0 heterocycles. The SMILES string of the molecule is CCC(C)Sc1c(Cl)cc([N+](=O)[O-])cc1C(=O)O. The first-order valence-electron chi connectivity index (χ1n) is 5.24. The zero-order chi connectivity index (χ0) is 13.9. The summed E-state index contributed by atoms with van der Waals surface area (Å²) in [6.45, 7) is 3.91. The average molecular weight is 290 g/mol. The maximum atomic E-state index is 11.1. The van der Waals surface area contributed by atoms with E-state index in [9.17, 15) is 14.9 Å². The zero-order valence-corrected chi connectivity index (χ0v) is 11.4. The second-order valence-corrected chi connectivity index (χ2v) is 5.56. The number of hydrogen-bond donors (Lipinski definition) is 1. The van der Waals surface area contributed by atoms with E-state index in [0.717, 1.165) is 12.5 Å². The number of thioether (sulfide) groups is 1. The number of nitro groups is 1. The third kappa shape index (κ3) is 3.36. The Balaban J connectivity index is 3.31. The Morgan fingerprint density at radius 3 is 2.67 bits per heavy atom. The largest absolute Gasteiger partial charge is 0.478 e. The molecule has 0 saturated carbocycles. The molecule has 7 heteroatoms. The molecule has 0 aliphatic heterocycles. The zero-order valence-electron chi connectivity index (χ0n) is 9.84. The van der Waals surface area contributed by atoms with Crippen molar-refractivity contribution in [3.8, 4) is 0 Å². The standard InChI is InChI=1S/C11H12ClNO4S/c1-3-6(2)18-10-8(11(14)15)4-7(13(16)17)5-9(10)12/h4-6H,3H2,1-2H3,(H,14,15). The molecule has 0 radical (unpaired) electrons. The molecule has 1 N–H and O–H groups in total. The fourth-order valence-electron chi connectivity index (χ4n) is 1.25. The predicted octanol–water partition coefficient (Wildman–Crippen LogP) is 3.84. The lowest BCUT2D eigenvalue weighted by atomic mass is 10.2. The van der Waals surface area contributed by atoms with E-state index < -0.39 is 10.9 Å². The van der Waals surface area contributed by atoms with Crippen LogP contribution in [0, 0.1) is 10.1 Å². The number of carboxylic acids is 1. The molecule has 1 aromatic rings. The smallest absolute Gasteiger partial charge is 0.337 e. The Labute approximate surface area is 113 Å². The minimum absolute atomic E-state index is 0.104. The van der Waals surface area contributed by atoms with Crippen molar-refractivity contribution in [3.05, 3.63) is 32.8 Å². The van der Waals surface area contributed by atoms with Gasteiger partial charge in [0.15, 0.2) is 0 Å². The van der Waals surface area contributed by atoms with Crippen LogP contribution in [0.15, 0.2) is 17.0 Å². The highest BCUT2D eigenvalue weighted by atomic mass is 35.5. The molecule has 5 nitrogen and oxygen atoms in total. The number of rotatable bonds is 5. The van der Waals surface area contributed by atoms with E-state index in [4.69, 9.17) is 16.7 Å². The number of non-ortho nitro benzene ring substituents is 1. The van der Waals surface area contributed by atoms with Gasteiger partial charge < -0.3 is 5.11 Å². The summed E-state index contributed by atoms with van der Waals surface area (Å²) >= 11 is 7.25. The Morgan fingerprint density at radius 2 is 2.22 bits per heavy atom. The minimum atomic E-state index is -1.22. The molecule has 1 rings (SSSR count). The summed E-state index contributed by atoms with van der Waals surface area (Å²) in [7, 11) is 0. The lowest BCUT2D eigenvalue weighted by molar-refractivity contribution is -0.384. The van der Waals surface area contributed by atoms with E-state index in [0.29, 0.717) is 4.90 Å². The number of nitro benzene ring substituents is 1. The van der Waals surface area contributed by atoms with Crippen LogP contribution in [0.5, 0.6) is 0 Å². The van der Waals surface area contributed by atoms with Crippen LogP contribution in [0.3, 0.4) is 0 Å². The summed E-state index contributed by atoms with van der Waals surface area (Å²) in [5.41, 5.74) is -0.439. The second kappa shape index (κ2) is 6.06. The van der Waals surface area contributed by atoms with Gasteiger partial charge in [0.05, 0.1) is 15.5 Å². The van der Waals surface area contributed by atoms with Gasteiger partial charge in [-0.15, -0.1) is 11.8 Å². The van der Waals surface area contributed by atoms with E-state index in [1.54, 1.807) is 0 Å². The molecule has 0 amide bonds. The van der Waals surface area contributed by atoms with Crippen molar-refractivity contribution < 1.29 is 14.8 Å². The Bertz CT molecular complexity index is 492. The van der Waals surface area contributed by atoms with Crippen LogP contribution in [0.4, 0.5) is 5.69 Å². The van der Waals surface area contributed by atoms with E-state index in [2.05, 4.69) is 0 Å². The molecule has 18 heavy (non-hydrogen) atoms. The number of benzene rings is 1. The number of carboxylic acid groups (broad SMARTS) is 1. The van der Waals surface area contributed by atoms with E-state index in [1.807, 2.05) is 13.8 Å². The van der Waals surface area contributed by atoms with Crippen molar-refractivity contribution in [2.45, 2.75) is 30.4 Å². The van der Waals surface area contributed by atoms with Gasteiger partial charge in [-0.05, 0) is 6.42 Å². The van der Waals surface area contributed by atoms with E-state index >= 15 is 0 Å². The van der Waals surface area contributed by atoms with Gasteiger partial charge >= 0.3 is 5.97 Å². The second-order valence-electron chi connectivity index (χ2n) is 3.70. The molecule has 0 fully saturated rings. The van der Waals surface area contributed by atoms with Gasteiger partial charge in [0.1, 0.15) is 0 Å². The first kappa shape index (κ1) is 14.8. The van der Waals surface area contributed by atoms with Crippen molar-refractivity contribution in [3.63, 3.8) is 0 Å². The molecule has 0 aliphatic rings. The van der Waals surface area contributed by atoms with Gasteiger partial charge in [0, 0.05) is 22.3 Å². The molecule has 0 bridgehead atoms. The predicted molar refractivity (Wildman–Crippen MR) is 70.7 cm³/mol. The molecular formula is C11H12ClNO4S. The summed E-state index contributed by atoms with van der Waals surface area (Å²) in [6, 6.07) is 2.22. The fraction of sp³-hybridized carbons (Fsp3) is 0.364. The average Bonchev–Trinajstić information content (AvgIpc) is 2.30. The molecule has 0 spiro atoms. The van der Waals surface area contributed by atoms with Crippen LogP contribution in [0.25, 0.3) is 0 Å². The molecule has 0 saturated heterocycles. The first-order valence-corrected chi connectivity index (χ1v) is 6.50. The Hall–Kier alpha value is -1.27. The lowest BCUT2D eigenvalue weighted by Gasteiger charge is -2.12. The summed E-state index contributed by atoms with van der Waals surface area (Å²) < 4.78 is 0. The van der Waals surface area contributed by atoms with Crippen molar-refractivity contribution in [2.75, 3.05) is 0 Å². The molecule has 0 aliphatic carbocycles. The van der Waals surface area contributed by atoms with Gasteiger partial charge in [0.25, 0.3) is 5.69 Å². The molecular weight excluding hydrogens is 278 g/mol. The van der Waals surface area contributed by atoms with Crippen molar-refractivity contribution in [1.29, 1.82) is 0 Å². The van der Waals surface area contributed by atoms with Gasteiger partial charge in [-0.2, -0.15) is 0 Å². The van der Waals surface area contributed by atoms with Gasteiger partial charge in [-0.25, -0.2) is 4.79 Å². The number of carbonyl (C=O) groups is 1. The van der Waals surface area contributed by atoms with Crippen LogP contribution in [0.1, 0.15) is 30.6 Å². The maximum Gasteiger partial charge on any atom is 0.337 e. The number of aromatic carboxylic acids is 1. The van der Waals surface area contributed by atoms with Crippen LogP contribution in [-0.4, -0.2) is 21.2 Å². The topological polar surface area (TPSA) is 80.4 Å². The fourth-order valence-corrected chi connectivity index (χ4v) is 2.61.